The van der Waals surface area contributed by atoms with Gasteiger partial charge in [-0.25, -0.2) is 0 Å². The molecule has 5 nitrogen and oxygen atoms in total. The number of fused-ring (bicyclic) bond motifs is 5. The molecule has 3 amide bonds. The van der Waals surface area contributed by atoms with E-state index in [9.17, 15) is 14.4 Å². The van der Waals surface area contributed by atoms with Gasteiger partial charge in [-0.1, -0.05) is 44.0 Å². The number of hydrogen-bond acceptors (Lipinski definition) is 3. The van der Waals surface area contributed by atoms with Crippen molar-refractivity contribution in [3.05, 3.63) is 29.8 Å². The SMILES string of the molecule is Cc1cccc(NC(=O)[C@H](C)N2C(=O)[C@@H]3[C@H]4C[C@@H]([C@H](Br)[C@H]4Br)[C@H]3C2=O)c1. The van der Waals surface area contributed by atoms with Gasteiger partial charge < -0.3 is 5.32 Å². The van der Waals surface area contributed by atoms with Crippen molar-refractivity contribution >= 4 is 55.3 Å². The third kappa shape index (κ3) is 2.58. The minimum atomic E-state index is -0.817. The number of hydrogen-bond donors (Lipinski definition) is 1. The molecule has 1 aromatic rings. The first-order valence-corrected chi connectivity index (χ1v) is 10.7. The molecule has 0 unspecified atom stereocenters. The summed E-state index contributed by atoms with van der Waals surface area (Å²) in [7, 11) is 0. The van der Waals surface area contributed by atoms with Gasteiger partial charge in [0, 0.05) is 15.3 Å². The number of benzene rings is 1. The lowest BCUT2D eigenvalue weighted by Crippen LogP contribution is -2.46. The first-order valence-electron chi connectivity index (χ1n) is 8.84. The smallest absolute Gasteiger partial charge is 0.247 e. The van der Waals surface area contributed by atoms with E-state index in [0.717, 1.165) is 12.0 Å². The summed E-state index contributed by atoms with van der Waals surface area (Å²) in [4.78, 5) is 40.2. The molecule has 0 spiro atoms. The number of amides is 3. The molecule has 4 rings (SSSR count). The van der Waals surface area contributed by atoms with Gasteiger partial charge in [-0.05, 0) is 49.8 Å². The highest BCUT2D eigenvalue weighted by Crippen LogP contribution is 2.60. The molecule has 138 valence electrons. The van der Waals surface area contributed by atoms with Crippen LogP contribution in [-0.4, -0.2) is 38.3 Å². The van der Waals surface area contributed by atoms with E-state index in [0.29, 0.717) is 5.69 Å². The summed E-state index contributed by atoms with van der Waals surface area (Å²) in [6, 6.07) is 6.64. The Balaban J connectivity index is 1.54. The maximum Gasteiger partial charge on any atom is 0.247 e. The molecular weight excluding hydrogens is 464 g/mol. The van der Waals surface area contributed by atoms with Crippen LogP contribution < -0.4 is 5.32 Å². The van der Waals surface area contributed by atoms with Crippen molar-refractivity contribution in [2.24, 2.45) is 23.7 Å². The van der Waals surface area contributed by atoms with Crippen molar-refractivity contribution in [1.29, 1.82) is 0 Å². The number of likely N-dealkylation sites (tertiary alicyclic amines) is 1. The summed E-state index contributed by atoms with van der Waals surface area (Å²) in [5.41, 5.74) is 1.70. The van der Waals surface area contributed by atoms with Gasteiger partial charge in [0.1, 0.15) is 6.04 Å². The van der Waals surface area contributed by atoms with E-state index < -0.39 is 6.04 Å². The van der Waals surface area contributed by atoms with Crippen LogP contribution in [-0.2, 0) is 14.4 Å². The first-order chi connectivity index (χ1) is 12.3. The fourth-order valence-electron chi connectivity index (χ4n) is 4.84. The highest BCUT2D eigenvalue weighted by Gasteiger charge is 2.67. The van der Waals surface area contributed by atoms with Gasteiger partial charge in [0.15, 0.2) is 0 Å². The molecule has 0 radical (unpaired) electrons. The van der Waals surface area contributed by atoms with E-state index in [1.54, 1.807) is 13.0 Å². The maximum absolute atomic E-state index is 13.0. The Morgan fingerprint density at radius 3 is 2.27 bits per heavy atom. The number of alkyl halides is 2. The molecule has 0 aromatic heterocycles. The van der Waals surface area contributed by atoms with Crippen molar-refractivity contribution in [1.82, 2.24) is 4.90 Å². The second-order valence-electron chi connectivity index (χ2n) is 7.59. The lowest BCUT2D eigenvalue weighted by atomic mass is 9.81. The van der Waals surface area contributed by atoms with Crippen molar-refractivity contribution < 1.29 is 14.4 Å². The zero-order valence-electron chi connectivity index (χ0n) is 14.5. The minimum absolute atomic E-state index is 0.155. The fourth-order valence-corrected chi connectivity index (χ4v) is 6.71. The molecule has 2 aliphatic carbocycles. The molecule has 2 saturated carbocycles. The molecular formula is C19H20Br2N2O3. The third-order valence-corrected chi connectivity index (χ3v) is 9.28. The number of nitrogens with zero attached hydrogens (tertiary/aromatic N) is 1. The van der Waals surface area contributed by atoms with Crippen LogP contribution in [0, 0.1) is 30.6 Å². The van der Waals surface area contributed by atoms with Crippen LogP contribution in [0.2, 0.25) is 0 Å². The van der Waals surface area contributed by atoms with Crippen LogP contribution in [0.1, 0.15) is 18.9 Å². The van der Waals surface area contributed by atoms with Crippen LogP contribution in [0.15, 0.2) is 24.3 Å². The number of nitrogens with one attached hydrogen (secondary N) is 1. The van der Waals surface area contributed by atoms with Crippen molar-refractivity contribution in [3.8, 4) is 0 Å². The summed E-state index contributed by atoms with van der Waals surface area (Å²) in [6.45, 7) is 3.57. The first kappa shape index (κ1) is 18.2. The molecule has 26 heavy (non-hydrogen) atoms. The van der Waals surface area contributed by atoms with Gasteiger partial charge >= 0.3 is 0 Å². The maximum atomic E-state index is 13.0. The largest absolute Gasteiger partial charge is 0.324 e. The zero-order valence-corrected chi connectivity index (χ0v) is 17.7. The molecule has 3 fully saturated rings. The number of anilines is 1. The summed E-state index contributed by atoms with van der Waals surface area (Å²) in [5, 5.41) is 2.82. The normalized spacial score (nSPS) is 36.4. The molecule has 1 aromatic carbocycles. The molecule has 7 atom stereocenters. The van der Waals surface area contributed by atoms with E-state index in [1.807, 2.05) is 25.1 Å². The molecule has 7 heteroatoms. The van der Waals surface area contributed by atoms with Crippen molar-refractivity contribution in [2.45, 2.75) is 36.0 Å². The van der Waals surface area contributed by atoms with Gasteiger partial charge in [0.2, 0.25) is 17.7 Å². The van der Waals surface area contributed by atoms with Crippen LogP contribution in [0.5, 0.6) is 0 Å². The number of imide groups is 1. The van der Waals surface area contributed by atoms with Crippen LogP contribution in [0.25, 0.3) is 0 Å². The van der Waals surface area contributed by atoms with E-state index in [-0.39, 0.29) is 51.0 Å². The van der Waals surface area contributed by atoms with E-state index in [1.165, 1.54) is 4.90 Å². The summed E-state index contributed by atoms with van der Waals surface area (Å²) in [6.07, 6.45) is 0.885. The third-order valence-electron chi connectivity index (χ3n) is 6.07. The number of halogens is 2. The highest BCUT2D eigenvalue weighted by atomic mass is 79.9. The van der Waals surface area contributed by atoms with Crippen LogP contribution in [0.4, 0.5) is 5.69 Å². The lowest BCUT2D eigenvalue weighted by Gasteiger charge is -2.28. The lowest BCUT2D eigenvalue weighted by molar-refractivity contribution is -0.146. The zero-order chi connectivity index (χ0) is 18.7. The topological polar surface area (TPSA) is 66.5 Å². The second kappa shape index (κ2) is 6.44. The van der Waals surface area contributed by atoms with E-state index in [4.69, 9.17) is 0 Å². The van der Waals surface area contributed by atoms with Gasteiger partial charge in [-0.3, -0.25) is 19.3 Å². The Labute approximate surface area is 169 Å². The molecule has 1 aliphatic heterocycles. The Bertz CT molecular complexity index is 767. The molecule has 1 saturated heterocycles. The standard InChI is InChI=1S/C19H20Br2N2O3/c1-8-4-3-5-10(6-8)22-17(24)9(2)23-18(25)13-11-7-12(14(13)19(23)26)16(21)15(11)20/h3-6,9,11-16H,7H2,1-2H3,(H,22,24)/t9-,11+,12+,13+,14+,15-,16-/m0/s1. The van der Waals surface area contributed by atoms with E-state index >= 15 is 0 Å². The predicted octanol–water partition coefficient (Wildman–Crippen LogP) is 3.10. The van der Waals surface area contributed by atoms with Crippen molar-refractivity contribution in [3.63, 3.8) is 0 Å². The molecule has 1 heterocycles. The Hall–Kier alpha value is -1.21. The van der Waals surface area contributed by atoms with E-state index in [2.05, 4.69) is 37.2 Å². The van der Waals surface area contributed by atoms with Crippen LogP contribution in [0.3, 0.4) is 0 Å². The molecule has 1 N–H and O–H groups in total. The summed E-state index contributed by atoms with van der Waals surface area (Å²) < 4.78 is 0. The second-order valence-corrected chi connectivity index (χ2v) is 9.70. The van der Waals surface area contributed by atoms with Gasteiger partial charge in [0.05, 0.1) is 11.8 Å². The Kier molecular flexibility index (Phi) is 4.50. The monoisotopic (exact) mass is 482 g/mol. The number of carbonyl (C=O) groups is 3. The van der Waals surface area contributed by atoms with Crippen molar-refractivity contribution in [2.75, 3.05) is 5.32 Å². The number of aryl methyl sites for hydroxylation is 1. The number of carbonyl (C=O) groups excluding carboxylic acids is 3. The quantitative estimate of drug-likeness (QED) is 0.530. The summed E-state index contributed by atoms with van der Waals surface area (Å²) in [5.74, 6) is -0.993. The van der Waals surface area contributed by atoms with Gasteiger partial charge in [-0.2, -0.15) is 0 Å². The fraction of sp³-hybridized carbons (Fsp3) is 0.526. The number of rotatable bonds is 3. The Morgan fingerprint density at radius 2 is 1.73 bits per heavy atom. The average molecular weight is 484 g/mol. The predicted molar refractivity (Wildman–Crippen MR) is 105 cm³/mol. The van der Waals surface area contributed by atoms with Gasteiger partial charge in [0.25, 0.3) is 0 Å². The molecule has 3 aliphatic rings. The highest BCUT2D eigenvalue weighted by molar-refractivity contribution is 9.12. The van der Waals surface area contributed by atoms with Crippen LogP contribution >= 0.6 is 31.9 Å². The summed E-state index contributed by atoms with van der Waals surface area (Å²) >= 11 is 7.35. The van der Waals surface area contributed by atoms with Gasteiger partial charge in [-0.15, -0.1) is 0 Å². The average Bonchev–Trinajstić information content (AvgIpc) is 3.19. The molecule has 2 bridgehead atoms. The minimum Gasteiger partial charge on any atom is -0.324 e. The Morgan fingerprint density at radius 1 is 1.15 bits per heavy atom.